The van der Waals surface area contributed by atoms with Crippen LogP contribution in [-0.2, 0) is 19.7 Å². The van der Waals surface area contributed by atoms with Gasteiger partial charge in [0.05, 0.1) is 27.8 Å². The van der Waals surface area contributed by atoms with Crippen LogP contribution in [0.15, 0.2) is 23.1 Å². The maximum Gasteiger partial charge on any atom is 0.175 e. The molecule has 1 atom stereocenters. The first-order valence-electron chi connectivity index (χ1n) is 5.74. The van der Waals surface area contributed by atoms with Crippen LogP contribution in [0.2, 0.25) is 0 Å². The van der Waals surface area contributed by atoms with Crippen LogP contribution in [0, 0.1) is 0 Å². The van der Waals surface area contributed by atoms with E-state index >= 15 is 0 Å². The summed E-state index contributed by atoms with van der Waals surface area (Å²) in [5.41, 5.74) is 6.65. The van der Waals surface area contributed by atoms with Gasteiger partial charge in [0.15, 0.2) is 19.7 Å². The van der Waals surface area contributed by atoms with Gasteiger partial charge < -0.3 is 11.1 Å². The van der Waals surface area contributed by atoms with Crippen LogP contribution in [0.4, 0.5) is 11.4 Å². The smallest absolute Gasteiger partial charge is 0.175 e. The summed E-state index contributed by atoms with van der Waals surface area (Å²) in [5, 5.41) is 3.04. The molecule has 0 aliphatic carbocycles. The summed E-state index contributed by atoms with van der Waals surface area (Å²) in [7, 11) is -6.25. The molecular formula is C11H16N2O4S2. The van der Waals surface area contributed by atoms with Crippen LogP contribution in [-0.4, -0.2) is 40.6 Å². The van der Waals surface area contributed by atoms with Crippen LogP contribution in [0.1, 0.15) is 6.42 Å². The third kappa shape index (κ3) is 3.38. The summed E-state index contributed by atoms with van der Waals surface area (Å²) in [6.45, 7) is 0. The Morgan fingerprint density at radius 2 is 2.05 bits per heavy atom. The van der Waals surface area contributed by atoms with Crippen LogP contribution in [0.25, 0.3) is 0 Å². The molecule has 1 aromatic carbocycles. The van der Waals surface area contributed by atoms with Crippen LogP contribution in [0.3, 0.4) is 0 Å². The van der Waals surface area contributed by atoms with Crippen molar-refractivity contribution in [1.82, 2.24) is 0 Å². The fourth-order valence-electron chi connectivity index (χ4n) is 2.03. The molecule has 2 rings (SSSR count). The van der Waals surface area contributed by atoms with E-state index in [2.05, 4.69) is 5.32 Å². The van der Waals surface area contributed by atoms with Crippen molar-refractivity contribution in [1.29, 1.82) is 0 Å². The number of anilines is 2. The summed E-state index contributed by atoms with van der Waals surface area (Å²) >= 11 is 0. The molecule has 1 saturated heterocycles. The highest BCUT2D eigenvalue weighted by molar-refractivity contribution is 7.91. The number of benzene rings is 1. The second-order valence-electron chi connectivity index (χ2n) is 4.77. The lowest BCUT2D eigenvalue weighted by Gasteiger charge is -2.15. The molecule has 0 bridgehead atoms. The Hall–Kier alpha value is -1.28. The first-order chi connectivity index (χ1) is 8.67. The quantitative estimate of drug-likeness (QED) is 0.776. The Bertz CT molecular complexity index is 695. The van der Waals surface area contributed by atoms with E-state index in [0.29, 0.717) is 17.8 Å². The number of hydrogen-bond donors (Lipinski definition) is 2. The van der Waals surface area contributed by atoms with E-state index in [1.165, 1.54) is 12.1 Å². The zero-order valence-electron chi connectivity index (χ0n) is 10.5. The number of nitrogen functional groups attached to an aromatic ring is 1. The maximum absolute atomic E-state index is 11.4. The van der Waals surface area contributed by atoms with Crippen molar-refractivity contribution in [2.24, 2.45) is 0 Å². The van der Waals surface area contributed by atoms with Crippen LogP contribution in [0.5, 0.6) is 0 Å². The van der Waals surface area contributed by atoms with Gasteiger partial charge in [-0.2, -0.15) is 0 Å². The van der Waals surface area contributed by atoms with Crippen LogP contribution < -0.4 is 11.1 Å². The van der Waals surface area contributed by atoms with Crippen molar-refractivity contribution in [2.45, 2.75) is 17.4 Å². The summed E-state index contributed by atoms with van der Waals surface area (Å²) in [4.78, 5) is 0.148. The Kier molecular flexibility index (Phi) is 3.48. The molecule has 3 N–H and O–H groups in total. The monoisotopic (exact) mass is 304 g/mol. The fraction of sp³-hybridized carbons (Fsp3) is 0.455. The van der Waals surface area contributed by atoms with Gasteiger partial charge in [-0.15, -0.1) is 0 Å². The highest BCUT2D eigenvalue weighted by Gasteiger charge is 2.28. The van der Waals surface area contributed by atoms with Crippen molar-refractivity contribution < 1.29 is 16.8 Å². The molecule has 1 aliphatic rings. The first-order valence-corrected chi connectivity index (χ1v) is 9.45. The molecule has 1 aromatic rings. The van der Waals surface area contributed by atoms with E-state index in [9.17, 15) is 16.8 Å². The average molecular weight is 304 g/mol. The maximum atomic E-state index is 11.4. The lowest BCUT2D eigenvalue weighted by Crippen LogP contribution is -2.21. The molecule has 19 heavy (non-hydrogen) atoms. The normalized spacial score (nSPS) is 22.3. The lowest BCUT2D eigenvalue weighted by atomic mass is 10.2. The molecule has 0 amide bonds. The van der Waals surface area contributed by atoms with Gasteiger partial charge in [0, 0.05) is 12.3 Å². The van der Waals surface area contributed by atoms with E-state index in [-0.39, 0.29) is 22.4 Å². The molecule has 6 nitrogen and oxygen atoms in total. The highest BCUT2D eigenvalue weighted by Crippen LogP contribution is 2.25. The molecule has 8 heteroatoms. The van der Waals surface area contributed by atoms with E-state index in [0.717, 1.165) is 6.26 Å². The van der Waals surface area contributed by atoms with Gasteiger partial charge in [-0.1, -0.05) is 0 Å². The predicted molar refractivity (Wildman–Crippen MR) is 74.6 cm³/mol. The zero-order valence-corrected chi connectivity index (χ0v) is 12.1. The predicted octanol–water partition coefficient (Wildman–Crippen LogP) is 0.271. The second-order valence-corrected chi connectivity index (χ2v) is 9.01. The summed E-state index contributed by atoms with van der Waals surface area (Å²) in [6, 6.07) is 4.23. The van der Waals surface area contributed by atoms with E-state index in [4.69, 9.17) is 5.73 Å². The van der Waals surface area contributed by atoms with Gasteiger partial charge in [0.2, 0.25) is 0 Å². The Balaban J connectivity index is 2.19. The standard InChI is InChI=1S/C11H16N2O4S2/c1-18(14,15)9-2-3-11(10(12)6-9)13-8-4-5-19(16,17)7-8/h2-3,6,8,13H,4-5,7,12H2,1H3. The zero-order chi connectivity index (χ0) is 14.3. The highest BCUT2D eigenvalue weighted by atomic mass is 32.2. The Morgan fingerprint density at radius 1 is 1.37 bits per heavy atom. The van der Waals surface area contributed by atoms with E-state index in [1.807, 2.05) is 0 Å². The molecule has 0 saturated carbocycles. The molecule has 1 heterocycles. The number of rotatable bonds is 3. The molecule has 0 radical (unpaired) electrons. The summed E-state index contributed by atoms with van der Waals surface area (Å²) in [5.74, 6) is 0.256. The van der Waals surface area contributed by atoms with Gasteiger partial charge in [0.1, 0.15) is 0 Å². The Morgan fingerprint density at radius 3 is 2.53 bits per heavy atom. The van der Waals surface area contributed by atoms with Gasteiger partial charge >= 0.3 is 0 Å². The molecule has 106 valence electrons. The van der Waals surface area contributed by atoms with Crippen molar-refractivity contribution in [2.75, 3.05) is 28.8 Å². The van der Waals surface area contributed by atoms with Crippen molar-refractivity contribution in [3.63, 3.8) is 0 Å². The van der Waals surface area contributed by atoms with Crippen molar-refractivity contribution in [3.8, 4) is 0 Å². The summed E-state index contributed by atoms with van der Waals surface area (Å²) < 4.78 is 45.4. The van der Waals surface area contributed by atoms with Gasteiger partial charge in [-0.25, -0.2) is 16.8 Å². The van der Waals surface area contributed by atoms with Gasteiger partial charge in [-0.05, 0) is 24.6 Å². The summed E-state index contributed by atoms with van der Waals surface area (Å²) in [6.07, 6.45) is 1.65. The third-order valence-corrected chi connectivity index (χ3v) is 5.92. The molecule has 0 spiro atoms. The largest absolute Gasteiger partial charge is 0.397 e. The minimum Gasteiger partial charge on any atom is -0.397 e. The van der Waals surface area contributed by atoms with Crippen molar-refractivity contribution >= 4 is 31.0 Å². The minimum atomic E-state index is -3.29. The second kappa shape index (κ2) is 4.68. The topological polar surface area (TPSA) is 106 Å². The number of sulfone groups is 2. The molecule has 1 unspecified atom stereocenters. The lowest BCUT2D eigenvalue weighted by molar-refractivity contribution is 0.600. The van der Waals surface area contributed by atoms with Gasteiger partial charge in [-0.3, -0.25) is 0 Å². The number of nitrogens with one attached hydrogen (secondary N) is 1. The fourth-order valence-corrected chi connectivity index (χ4v) is 4.36. The third-order valence-electron chi connectivity index (χ3n) is 3.04. The van der Waals surface area contributed by atoms with Crippen LogP contribution >= 0.6 is 0 Å². The first kappa shape index (κ1) is 14.1. The Labute approximate surface area is 112 Å². The van der Waals surface area contributed by atoms with E-state index in [1.54, 1.807) is 6.07 Å². The molecule has 0 aromatic heterocycles. The molecular weight excluding hydrogens is 288 g/mol. The van der Waals surface area contributed by atoms with Gasteiger partial charge in [0.25, 0.3) is 0 Å². The number of hydrogen-bond acceptors (Lipinski definition) is 6. The average Bonchev–Trinajstić information content (AvgIpc) is 2.59. The van der Waals surface area contributed by atoms with E-state index < -0.39 is 19.7 Å². The molecule has 1 aliphatic heterocycles. The van der Waals surface area contributed by atoms with Crippen molar-refractivity contribution in [3.05, 3.63) is 18.2 Å². The molecule has 1 fully saturated rings. The SMILES string of the molecule is CS(=O)(=O)c1ccc(NC2CCS(=O)(=O)C2)c(N)c1. The number of nitrogens with two attached hydrogens (primary N) is 1. The minimum absolute atomic E-state index is 0.0836.